The molecule has 0 bridgehead atoms. The quantitative estimate of drug-likeness (QED) is 0.179. The van der Waals surface area contributed by atoms with Crippen LogP contribution in [0.1, 0.15) is 88.7 Å². The maximum atomic E-state index is 13.1. The van der Waals surface area contributed by atoms with E-state index in [4.69, 9.17) is 32.8 Å². The summed E-state index contributed by atoms with van der Waals surface area (Å²) >= 11 is 13.9. The smallest absolute Gasteiger partial charge is 0.314 e. The highest BCUT2D eigenvalue weighted by molar-refractivity contribution is 9.10. The molecule has 0 spiro atoms. The summed E-state index contributed by atoms with van der Waals surface area (Å²) in [6.07, 6.45) is 11.1. The van der Waals surface area contributed by atoms with Crippen molar-refractivity contribution in [3.8, 4) is 12.1 Å². The lowest BCUT2D eigenvalue weighted by molar-refractivity contribution is -0.134. The van der Waals surface area contributed by atoms with Gasteiger partial charge in [-0.1, -0.05) is 51.8 Å². The van der Waals surface area contributed by atoms with Gasteiger partial charge in [-0.05, 0) is 137 Å². The molecule has 14 heteroatoms. The van der Waals surface area contributed by atoms with Gasteiger partial charge < -0.3 is 15.5 Å². The first kappa shape index (κ1) is 41.1. The Balaban J connectivity index is 0.000000199. The molecule has 3 amide bonds. The number of fused-ring (bicyclic) bond motifs is 2. The van der Waals surface area contributed by atoms with Gasteiger partial charge in [0.25, 0.3) is 0 Å². The zero-order chi connectivity index (χ0) is 40.8. The van der Waals surface area contributed by atoms with Gasteiger partial charge in [-0.15, -0.1) is 0 Å². The lowest BCUT2D eigenvalue weighted by Crippen LogP contribution is -2.44. The van der Waals surface area contributed by atoms with Crippen molar-refractivity contribution in [1.29, 1.82) is 10.5 Å². The number of carbonyl (C=O) groups excluding carboxylic acids is 2. The van der Waals surface area contributed by atoms with Gasteiger partial charge in [-0.25, -0.2) is 14.5 Å². The predicted molar refractivity (Wildman–Crippen MR) is 228 cm³/mol. The Bertz CT molecular complexity index is 2270. The largest absolute Gasteiger partial charge is 0.351 e. The van der Waals surface area contributed by atoms with E-state index in [0.29, 0.717) is 42.5 Å². The molecule has 296 valence electrons. The number of nitriles is 2. The third-order valence-electron chi connectivity index (χ3n) is 11.6. The molecule has 2 aromatic heterocycles. The number of nitrogens with two attached hydrogens (primary N) is 1. The fraction of sp³-hybridized carbons (Fsp3) is 0.341. The molecule has 2 saturated heterocycles. The van der Waals surface area contributed by atoms with Crippen molar-refractivity contribution in [2.45, 2.75) is 56.9 Å². The summed E-state index contributed by atoms with van der Waals surface area (Å²) in [7, 11) is 0. The van der Waals surface area contributed by atoms with Gasteiger partial charge in [-0.2, -0.15) is 15.6 Å². The van der Waals surface area contributed by atoms with Gasteiger partial charge in [0.1, 0.15) is 18.7 Å². The van der Waals surface area contributed by atoms with Crippen molar-refractivity contribution in [3.63, 3.8) is 0 Å². The van der Waals surface area contributed by atoms with Crippen molar-refractivity contribution >= 4 is 55.4 Å². The summed E-state index contributed by atoms with van der Waals surface area (Å²) in [5.41, 5.74) is 13.6. The number of nitrogens with zero attached hydrogens (tertiary/aromatic N) is 8. The summed E-state index contributed by atoms with van der Waals surface area (Å²) < 4.78 is 3.81. The van der Waals surface area contributed by atoms with E-state index in [-0.39, 0.29) is 23.9 Å². The summed E-state index contributed by atoms with van der Waals surface area (Å²) in [6.45, 7) is 2.84. The van der Waals surface area contributed by atoms with Crippen LogP contribution < -0.4 is 5.73 Å². The number of carbonyl (C=O) groups is 2. The zero-order valence-corrected chi connectivity index (χ0v) is 35.7. The van der Waals surface area contributed by atoms with Crippen LogP contribution in [0.25, 0.3) is 0 Å². The first-order valence-electron chi connectivity index (χ1n) is 19.4. The van der Waals surface area contributed by atoms with Gasteiger partial charge in [0.05, 0.1) is 29.0 Å². The topological polar surface area (TPSA) is 158 Å². The minimum Gasteiger partial charge on any atom is -0.351 e. The molecule has 11 nitrogen and oxygen atoms in total. The number of piperidine rings is 2. The van der Waals surface area contributed by atoms with Crippen LogP contribution in [0.4, 0.5) is 4.79 Å². The molecule has 1 atom stereocenters. The fourth-order valence-corrected chi connectivity index (χ4v) is 10.1. The summed E-state index contributed by atoms with van der Waals surface area (Å²) in [5.74, 6) is 1.14. The Kier molecular flexibility index (Phi) is 13.2. The van der Waals surface area contributed by atoms with E-state index >= 15 is 0 Å². The number of aryl methyl sites for hydroxylation is 2. The SMILES string of the molecule is N#Cc1ccc(C(c2ccc(C#N)cc2)n2cncn2)cc1.NC(=O)N1CCC(CC(=O)N2CCC([C@H]3c4ncc(Br)cc4CCc4cc(Cl)cc(Br)c43)CC2)CC1. The molecule has 58 heavy (non-hydrogen) atoms. The minimum absolute atomic E-state index is 0.150. The highest BCUT2D eigenvalue weighted by atomic mass is 79.9. The van der Waals surface area contributed by atoms with E-state index in [9.17, 15) is 9.59 Å². The van der Waals surface area contributed by atoms with Crippen LogP contribution in [-0.4, -0.2) is 67.7 Å². The number of likely N-dealkylation sites (tertiary alicyclic amines) is 2. The predicted octanol–water partition coefficient (Wildman–Crippen LogP) is 8.57. The van der Waals surface area contributed by atoms with E-state index in [1.165, 1.54) is 23.0 Å². The van der Waals surface area contributed by atoms with Gasteiger partial charge in [0.2, 0.25) is 5.91 Å². The lowest BCUT2D eigenvalue weighted by Gasteiger charge is -2.38. The number of rotatable bonds is 6. The van der Waals surface area contributed by atoms with Crippen LogP contribution in [0.3, 0.4) is 0 Å². The highest BCUT2D eigenvalue weighted by Gasteiger charge is 2.37. The second-order valence-electron chi connectivity index (χ2n) is 15.1. The second kappa shape index (κ2) is 18.7. The van der Waals surface area contributed by atoms with Crippen molar-refractivity contribution in [2.75, 3.05) is 26.2 Å². The highest BCUT2D eigenvalue weighted by Crippen LogP contribution is 2.46. The number of halogens is 3. The standard InChI is InChI=1S/C27H31Br2ClN4O2.C17H11N5/c28-20-12-19-2-1-18-13-21(30)14-22(29)24(18)25(26(19)32-15-20)17-5-9-33(10-6-17)23(35)11-16-3-7-34(8-4-16)27(31)36;18-9-13-1-5-15(6-2-13)17(22-12-20-11-21-22)16-7-3-14(10-19)4-8-16/h12-17,25H,1-11H2,(H2,31,36);1-8,11-12,17H/t25-;/m1./s1. The summed E-state index contributed by atoms with van der Waals surface area (Å²) in [4.78, 5) is 37.2. The van der Waals surface area contributed by atoms with Crippen molar-refractivity contribution in [1.82, 2.24) is 29.5 Å². The zero-order valence-electron chi connectivity index (χ0n) is 31.8. The lowest BCUT2D eigenvalue weighted by atomic mass is 9.76. The maximum Gasteiger partial charge on any atom is 0.314 e. The third-order valence-corrected chi connectivity index (χ3v) is 12.9. The molecule has 2 N–H and O–H groups in total. The molecule has 1 aliphatic carbocycles. The van der Waals surface area contributed by atoms with E-state index in [2.05, 4.69) is 66.2 Å². The molecule has 3 aromatic carbocycles. The van der Waals surface area contributed by atoms with Crippen LogP contribution in [-0.2, 0) is 17.6 Å². The van der Waals surface area contributed by atoms with Gasteiger partial charge in [0, 0.05) is 58.7 Å². The minimum atomic E-state index is -0.362. The second-order valence-corrected chi connectivity index (χ2v) is 17.3. The Morgan fingerprint density at radius 1 is 0.845 bits per heavy atom. The molecule has 8 rings (SSSR count). The van der Waals surface area contributed by atoms with E-state index in [1.54, 1.807) is 40.2 Å². The van der Waals surface area contributed by atoms with Crippen molar-refractivity contribution in [3.05, 3.63) is 144 Å². The maximum absolute atomic E-state index is 13.1. The molecular weight excluding hydrogens is 882 g/mol. The molecule has 0 radical (unpaired) electrons. The van der Waals surface area contributed by atoms with Crippen LogP contribution in [0.5, 0.6) is 0 Å². The van der Waals surface area contributed by atoms with E-state index in [1.807, 2.05) is 41.4 Å². The summed E-state index contributed by atoms with van der Waals surface area (Å²) in [6, 6.07) is 24.8. The van der Waals surface area contributed by atoms with Crippen molar-refractivity contribution < 1.29 is 9.59 Å². The van der Waals surface area contributed by atoms with E-state index < -0.39 is 0 Å². The number of aromatic nitrogens is 4. The average Bonchev–Trinajstić information content (AvgIpc) is 3.71. The monoisotopic (exact) mass is 921 g/mol. The Morgan fingerprint density at radius 3 is 2.02 bits per heavy atom. The Morgan fingerprint density at radius 2 is 1.45 bits per heavy atom. The number of primary amides is 1. The number of pyridine rings is 1. The number of amides is 3. The first-order valence-corrected chi connectivity index (χ1v) is 21.4. The van der Waals surface area contributed by atoms with Crippen molar-refractivity contribution in [2.24, 2.45) is 17.6 Å². The fourth-order valence-electron chi connectivity index (χ4n) is 8.57. The number of benzene rings is 3. The molecule has 2 aliphatic heterocycles. The number of hydrogen-bond donors (Lipinski definition) is 1. The van der Waals surface area contributed by atoms with Gasteiger partial charge in [-0.3, -0.25) is 9.78 Å². The van der Waals surface area contributed by atoms with Crippen LogP contribution >= 0.6 is 43.5 Å². The molecule has 5 aromatic rings. The Hall–Kier alpha value is -5.08. The molecule has 4 heterocycles. The first-order chi connectivity index (χ1) is 28.1. The third kappa shape index (κ3) is 9.44. The average molecular weight is 924 g/mol. The van der Waals surface area contributed by atoms with Gasteiger partial charge >= 0.3 is 6.03 Å². The molecular formula is C44H42Br2ClN9O2. The molecule has 0 saturated carbocycles. The normalized spacial score (nSPS) is 16.9. The van der Waals surface area contributed by atoms with Gasteiger partial charge in [0.15, 0.2) is 0 Å². The van der Waals surface area contributed by atoms with Crippen LogP contribution in [0, 0.1) is 34.5 Å². The van der Waals surface area contributed by atoms with E-state index in [0.717, 1.165) is 82.4 Å². The van der Waals surface area contributed by atoms with Crippen LogP contribution in [0.2, 0.25) is 5.02 Å². The number of hydrogen-bond acceptors (Lipinski definition) is 7. The molecule has 2 fully saturated rings. The van der Waals surface area contributed by atoms with Crippen LogP contribution in [0.15, 0.2) is 94.5 Å². The molecule has 3 aliphatic rings. The molecule has 0 unspecified atom stereocenters. The Labute approximate surface area is 360 Å². The number of urea groups is 1. The summed E-state index contributed by atoms with van der Waals surface area (Å²) in [5, 5.41) is 22.8.